The molecule has 0 bridgehead atoms. The minimum Gasteiger partial charge on any atom is -0.377 e. The Kier molecular flexibility index (Phi) is 2.55. The van der Waals surface area contributed by atoms with Gasteiger partial charge < -0.3 is 10.4 Å². The van der Waals surface area contributed by atoms with Crippen molar-refractivity contribution < 1.29 is 10.4 Å². The quantitative estimate of drug-likeness (QED) is 0.533. The van der Waals surface area contributed by atoms with Crippen LogP contribution in [0.3, 0.4) is 0 Å². The van der Waals surface area contributed by atoms with Crippen molar-refractivity contribution in [1.82, 2.24) is 0 Å². The molecule has 0 amide bonds. The van der Waals surface area contributed by atoms with E-state index in [1.165, 1.54) is 19.3 Å². The molecule has 0 aromatic rings. The monoisotopic (exact) mass is 194 g/mol. The fourth-order valence-corrected chi connectivity index (χ4v) is 3.28. The van der Waals surface area contributed by atoms with Gasteiger partial charge in [0, 0.05) is 6.42 Å². The Morgan fingerprint density at radius 1 is 1.43 bits per heavy atom. The molecule has 0 spiro atoms. The van der Waals surface area contributed by atoms with Crippen molar-refractivity contribution in [2.45, 2.75) is 56.7 Å². The maximum atomic E-state index is 10.4. The highest BCUT2D eigenvalue weighted by Crippen LogP contribution is 2.36. The van der Waals surface area contributed by atoms with Gasteiger partial charge in [-0.05, 0) is 26.2 Å². The highest BCUT2D eigenvalue weighted by molar-refractivity contribution is 5.14. The molecule has 2 aliphatic rings. The molecule has 0 aromatic heterocycles. The number of rotatable bonds is 0. The van der Waals surface area contributed by atoms with Crippen LogP contribution < -0.4 is 5.32 Å². The van der Waals surface area contributed by atoms with Crippen molar-refractivity contribution >= 4 is 0 Å². The van der Waals surface area contributed by atoms with Crippen molar-refractivity contribution in [3.8, 4) is 12.3 Å². The average Bonchev–Trinajstić information content (AvgIpc) is 2.17. The summed E-state index contributed by atoms with van der Waals surface area (Å²) in [6, 6.07) is 1.03. The third kappa shape index (κ3) is 1.55. The maximum absolute atomic E-state index is 10.4. The number of aliphatic hydroxyl groups is 1. The third-order valence-corrected chi connectivity index (χ3v) is 3.89. The summed E-state index contributed by atoms with van der Waals surface area (Å²) in [5.74, 6) is 2.98. The summed E-state index contributed by atoms with van der Waals surface area (Å²) in [7, 11) is 0. The van der Waals surface area contributed by atoms with Gasteiger partial charge in [0.1, 0.15) is 5.60 Å². The van der Waals surface area contributed by atoms with Gasteiger partial charge in [-0.15, -0.1) is 6.42 Å². The number of quaternary nitrogens is 1. The topological polar surface area (TPSA) is 36.8 Å². The average molecular weight is 194 g/mol. The van der Waals surface area contributed by atoms with Crippen LogP contribution in [0.2, 0.25) is 0 Å². The highest BCUT2D eigenvalue weighted by atomic mass is 16.3. The summed E-state index contributed by atoms with van der Waals surface area (Å²) in [5.41, 5.74) is -0.820. The molecule has 1 heterocycles. The first kappa shape index (κ1) is 10.0. The number of nitrogens with two attached hydrogens (primary N) is 1. The SMILES string of the molecule is C#C[C@@]1(O)C[C@H](C)[NH2+][C@H]2CCCC[C@H]21. The zero-order valence-electron chi connectivity index (χ0n) is 8.87. The van der Waals surface area contributed by atoms with Gasteiger partial charge in [0.2, 0.25) is 0 Å². The van der Waals surface area contributed by atoms with Gasteiger partial charge in [0.05, 0.1) is 18.0 Å². The molecule has 1 aliphatic carbocycles. The van der Waals surface area contributed by atoms with E-state index in [0.29, 0.717) is 18.0 Å². The van der Waals surface area contributed by atoms with Crippen LogP contribution in [-0.4, -0.2) is 22.8 Å². The minimum atomic E-state index is -0.820. The summed E-state index contributed by atoms with van der Waals surface area (Å²) >= 11 is 0. The largest absolute Gasteiger partial charge is 0.377 e. The summed E-state index contributed by atoms with van der Waals surface area (Å²) < 4.78 is 0. The van der Waals surface area contributed by atoms with Crippen LogP contribution in [0.4, 0.5) is 0 Å². The second-order valence-electron chi connectivity index (χ2n) is 5.00. The fourth-order valence-electron chi connectivity index (χ4n) is 3.28. The van der Waals surface area contributed by atoms with E-state index in [1.807, 2.05) is 0 Å². The molecule has 2 nitrogen and oxygen atoms in total. The molecule has 1 saturated heterocycles. The third-order valence-electron chi connectivity index (χ3n) is 3.89. The Morgan fingerprint density at radius 2 is 2.14 bits per heavy atom. The molecule has 0 unspecified atom stereocenters. The van der Waals surface area contributed by atoms with E-state index in [2.05, 4.69) is 18.2 Å². The Morgan fingerprint density at radius 3 is 2.86 bits per heavy atom. The Balaban J connectivity index is 2.20. The van der Waals surface area contributed by atoms with Crippen molar-refractivity contribution in [2.75, 3.05) is 0 Å². The molecule has 2 fully saturated rings. The molecular formula is C12H20NO+. The Bertz CT molecular complexity index is 258. The van der Waals surface area contributed by atoms with E-state index in [1.54, 1.807) is 0 Å². The predicted octanol–water partition coefficient (Wildman–Crippen LogP) is 0.265. The second-order valence-corrected chi connectivity index (χ2v) is 5.00. The van der Waals surface area contributed by atoms with E-state index < -0.39 is 5.60 Å². The molecule has 14 heavy (non-hydrogen) atoms. The lowest BCUT2D eigenvalue weighted by atomic mass is 9.69. The van der Waals surface area contributed by atoms with Crippen molar-refractivity contribution in [2.24, 2.45) is 5.92 Å². The fraction of sp³-hybridized carbons (Fsp3) is 0.833. The molecule has 0 aromatic carbocycles. The first-order valence-electron chi connectivity index (χ1n) is 5.71. The Labute approximate surface area is 86.1 Å². The molecule has 2 rings (SSSR count). The number of hydrogen-bond donors (Lipinski definition) is 2. The highest BCUT2D eigenvalue weighted by Gasteiger charge is 2.48. The summed E-state index contributed by atoms with van der Waals surface area (Å²) in [5, 5.41) is 12.8. The van der Waals surface area contributed by atoms with E-state index in [9.17, 15) is 5.11 Å². The summed E-state index contributed by atoms with van der Waals surface area (Å²) in [6.45, 7) is 2.16. The summed E-state index contributed by atoms with van der Waals surface area (Å²) in [6.07, 6.45) is 11.1. The first-order chi connectivity index (χ1) is 6.65. The van der Waals surface area contributed by atoms with Crippen LogP contribution in [0.25, 0.3) is 0 Å². The lowest BCUT2D eigenvalue weighted by Crippen LogP contribution is -2.99. The van der Waals surface area contributed by atoms with Gasteiger partial charge in [-0.2, -0.15) is 0 Å². The molecule has 1 saturated carbocycles. The van der Waals surface area contributed by atoms with E-state index in [0.717, 1.165) is 12.8 Å². The smallest absolute Gasteiger partial charge is 0.139 e. The second kappa shape index (κ2) is 3.56. The molecule has 3 N–H and O–H groups in total. The van der Waals surface area contributed by atoms with Gasteiger partial charge in [-0.25, -0.2) is 0 Å². The predicted molar refractivity (Wildman–Crippen MR) is 55.5 cm³/mol. The first-order valence-corrected chi connectivity index (χ1v) is 5.71. The van der Waals surface area contributed by atoms with Crippen molar-refractivity contribution in [3.05, 3.63) is 0 Å². The number of terminal acetylenes is 1. The van der Waals surface area contributed by atoms with E-state index in [4.69, 9.17) is 6.42 Å². The van der Waals surface area contributed by atoms with E-state index in [-0.39, 0.29) is 0 Å². The molecular weight excluding hydrogens is 174 g/mol. The van der Waals surface area contributed by atoms with Gasteiger partial charge in [0.15, 0.2) is 0 Å². The molecule has 4 atom stereocenters. The standard InChI is InChI=1S/C12H19NO/c1-3-12(14)8-9(2)13-11-7-5-4-6-10(11)12/h1,9-11,13-14H,4-8H2,2H3/p+1/t9-,10+,11-,12+/m0/s1. The number of fused-ring (bicyclic) bond motifs is 1. The zero-order valence-corrected chi connectivity index (χ0v) is 8.87. The lowest BCUT2D eigenvalue weighted by Gasteiger charge is -2.44. The van der Waals surface area contributed by atoms with E-state index >= 15 is 0 Å². The Hall–Kier alpha value is -0.520. The molecule has 1 aliphatic heterocycles. The lowest BCUT2D eigenvalue weighted by molar-refractivity contribution is -0.741. The zero-order chi connectivity index (χ0) is 10.2. The minimum absolute atomic E-state index is 0.331. The molecule has 0 radical (unpaired) electrons. The van der Waals surface area contributed by atoms with Gasteiger partial charge in [0.25, 0.3) is 0 Å². The van der Waals surface area contributed by atoms with Crippen LogP contribution >= 0.6 is 0 Å². The normalized spacial score (nSPS) is 47.9. The van der Waals surface area contributed by atoms with Crippen LogP contribution in [0.5, 0.6) is 0 Å². The molecule has 2 heteroatoms. The number of hydrogen-bond acceptors (Lipinski definition) is 1. The van der Waals surface area contributed by atoms with Crippen LogP contribution in [0, 0.1) is 18.3 Å². The van der Waals surface area contributed by atoms with Gasteiger partial charge in [-0.1, -0.05) is 12.3 Å². The van der Waals surface area contributed by atoms with Crippen molar-refractivity contribution in [1.29, 1.82) is 0 Å². The van der Waals surface area contributed by atoms with Gasteiger partial charge >= 0.3 is 0 Å². The van der Waals surface area contributed by atoms with Crippen LogP contribution in [-0.2, 0) is 0 Å². The maximum Gasteiger partial charge on any atom is 0.139 e. The molecule has 78 valence electrons. The summed E-state index contributed by atoms with van der Waals surface area (Å²) in [4.78, 5) is 0. The number of piperidine rings is 1. The van der Waals surface area contributed by atoms with Crippen LogP contribution in [0.15, 0.2) is 0 Å². The van der Waals surface area contributed by atoms with Gasteiger partial charge in [-0.3, -0.25) is 0 Å². The van der Waals surface area contributed by atoms with Crippen molar-refractivity contribution in [3.63, 3.8) is 0 Å². The van der Waals surface area contributed by atoms with Crippen LogP contribution in [0.1, 0.15) is 39.0 Å².